The Kier molecular flexibility index (Phi) is 2.32. The number of carboxylic acids is 1. The van der Waals surface area contributed by atoms with E-state index in [-0.39, 0.29) is 0 Å². The van der Waals surface area contributed by atoms with Gasteiger partial charge in [0, 0.05) is 0 Å². The second kappa shape index (κ2) is 2.54. The van der Waals surface area contributed by atoms with Crippen LogP contribution in [-0.4, -0.2) is 28.8 Å². The van der Waals surface area contributed by atoms with Crippen molar-refractivity contribution in [3.8, 4) is 0 Å². The van der Waals surface area contributed by atoms with Gasteiger partial charge in [-0.2, -0.15) is 0 Å². The van der Waals surface area contributed by atoms with Crippen LogP contribution in [0.15, 0.2) is 0 Å². The molecule has 0 aliphatic carbocycles. The Morgan fingerprint density at radius 3 is 2.29 bits per heavy atom. The zero-order chi connectivity index (χ0) is 5.86. The molecule has 0 radical (unpaired) electrons. The monoisotopic (exact) mass is 108 g/mol. The Morgan fingerprint density at radius 1 is 1.86 bits per heavy atom. The van der Waals surface area contributed by atoms with Crippen LogP contribution in [0, 0.1) is 0 Å². The lowest BCUT2D eigenvalue weighted by atomic mass is 10.9. The fourth-order valence-electron chi connectivity index (χ4n) is 0.0781. The Balaban J connectivity index is 3.34. The van der Waals surface area contributed by atoms with E-state index in [4.69, 9.17) is 15.9 Å². The van der Waals surface area contributed by atoms with Crippen LogP contribution in [-0.2, 0) is 4.79 Å². The molecule has 1 atom stereocenters. The maximum atomic E-state index is 9.65. The van der Waals surface area contributed by atoms with Gasteiger partial charge >= 0.3 is 5.97 Å². The van der Waals surface area contributed by atoms with Gasteiger partial charge < -0.3 is 15.9 Å². The van der Waals surface area contributed by atoms with Crippen LogP contribution in [0.1, 0.15) is 0 Å². The highest BCUT2D eigenvalue weighted by Crippen LogP contribution is 1.71. The van der Waals surface area contributed by atoms with Crippen molar-refractivity contribution in [2.24, 2.45) is 5.73 Å². The van der Waals surface area contributed by atoms with E-state index in [1.165, 1.54) is 0 Å². The van der Waals surface area contributed by atoms with Crippen molar-refractivity contribution in [2.45, 2.75) is 6.04 Å². The van der Waals surface area contributed by atoms with Gasteiger partial charge in [0.2, 0.25) is 0 Å². The molecule has 0 saturated heterocycles. The predicted molar refractivity (Wildman–Crippen MR) is 22.7 cm³/mol. The molecular formula is C3H7NO3. The molecule has 0 aromatic carbocycles. The van der Waals surface area contributed by atoms with Gasteiger partial charge in [0.05, 0.1) is 6.61 Å². The second-order valence-corrected chi connectivity index (χ2v) is 1.13. The number of aliphatic carboxylic acids is 1. The minimum absolute atomic E-state index is 0.505. The van der Waals surface area contributed by atoms with Gasteiger partial charge in [-0.15, -0.1) is 0 Å². The summed E-state index contributed by atoms with van der Waals surface area (Å²) in [7, 11) is 0. The Hall–Kier alpha value is -0.610. The molecule has 0 saturated carbocycles. The topological polar surface area (TPSA) is 83.5 Å². The van der Waals surface area contributed by atoms with Crippen molar-refractivity contribution in [1.82, 2.24) is 0 Å². The average molecular weight is 108 g/mol. The summed E-state index contributed by atoms with van der Waals surface area (Å²) < 4.78 is 0. The summed E-state index contributed by atoms with van der Waals surface area (Å²) in [4.78, 5) is 9.65. The summed E-state index contributed by atoms with van der Waals surface area (Å²) in [5.74, 6) is -1.18. The molecule has 4 N–H and O–H groups in total. The van der Waals surface area contributed by atoms with E-state index in [2.05, 4.69) is 0 Å². The molecule has 0 unspecified atom stereocenters. The van der Waals surface area contributed by atoms with Crippen molar-refractivity contribution < 1.29 is 15.0 Å². The number of aliphatic hydroxyl groups is 1. The number of hydrogen-bond donors (Lipinski definition) is 3. The highest BCUT2D eigenvalue weighted by molar-refractivity contribution is 5.73. The summed E-state index contributed by atoms with van der Waals surface area (Å²) in [6.07, 6.45) is 0. The van der Waals surface area contributed by atoms with E-state index in [0.29, 0.717) is 0 Å². The van der Waals surface area contributed by atoms with Crippen LogP contribution >= 0.6 is 0 Å². The van der Waals surface area contributed by atoms with Crippen LogP contribution in [0.5, 0.6) is 0 Å². The lowest BCUT2D eigenvalue weighted by Crippen LogP contribution is -2.33. The van der Waals surface area contributed by atoms with E-state index in [1.807, 2.05) is 0 Å². The number of rotatable bonds is 2. The number of hydrogen-bond acceptors (Lipinski definition) is 3. The van der Waals surface area contributed by atoms with Gasteiger partial charge in [-0.05, 0) is 0 Å². The maximum absolute atomic E-state index is 9.65. The van der Waals surface area contributed by atoms with E-state index in [9.17, 15) is 4.79 Å². The molecule has 0 aromatic rings. The fraction of sp³-hybridized carbons (Fsp3) is 0.667. The first-order valence-corrected chi connectivity index (χ1v) is 1.77. The molecule has 42 valence electrons. The third kappa shape index (κ3) is 2.13. The lowest BCUT2D eigenvalue weighted by Gasteiger charge is -1.96. The highest BCUT2D eigenvalue weighted by atomic mass is 16.4. The first kappa shape index (κ1) is 6.39. The zero-order valence-corrected chi connectivity index (χ0v) is 3.66. The Bertz CT molecular complexity index is 72.6. The largest absolute Gasteiger partial charge is 0.480 e. The van der Waals surface area contributed by atoms with Gasteiger partial charge in [-0.1, -0.05) is 0 Å². The van der Waals surface area contributed by atoms with Gasteiger partial charge in [-0.25, -0.2) is 0 Å². The lowest BCUT2D eigenvalue weighted by molar-refractivity contribution is -0.139. The molecule has 0 amide bonds. The molecule has 0 aliphatic heterocycles. The predicted octanol–water partition coefficient (Wildman–Crippen LogP) is -1.61. The van der Waals surface area contributed by atoms with E-state index in [0.717, 1.165) is 0 Å². The summed E-state index contributed by atoms with van der Waals surface area (Å²) in [5.41, 5.74) is 4.77. The first-order valence-electron chi connectivity index (χ1n) is 1.77. The number of aliphatic hydroxyl groups excluding tert-OH is 1. The standard InChI is InChI=1S/C3H7NO3/c4-2(1-5)3(6)7/h2,5H,1,4H2,(H,6,7)/t2-/m1/s1/i1+1,2+1,4+1. The van der Waals surface area contributed by atoms with E-state index >= 15 is 0 Å². The summed E-state index contributed by atoms with van der Waals surface area (Å²) in [5, 5.41) is 15.9. The van der Waals surface area contributed by atoms with E-state index < -0.39 is 18.6 Å². The van der Waals surface area contributed by atoms with E-state index in [1.54, 1.807) is 0 Å². The minimum Gasteiger partial charge on any atom is -0.480 e. The third-order valence-electron chi connectivity index (χ3n) is 0.514. The fourth-order valence-corrected chi connectivity index (χ4v) is 0.0781. The average Bonchev–Trinajstić information content (AvgIpc) is 1.65. The Labute approximate surface area is 40.6 Å². The highest BCUT2D eigenvalue weighted by Gasteiger charge is 2.06. The molecule has 0 bridgehead atoms. The minimum atomic E-state index is -1.18. The third-order valence-corrected chi connectivity index (χ3v) is 0.514. The van der Waals surface area contributed by atoms with Gasteiger partial charge in [0.15, 0.2) is 0 Å². The molecule has 0 heterocycles. The van der Waals surface area contributed by atoms with Gasteiger partial charge in [-0.3, -0.25) is 4.79 Å². The van der Waals surface area contributed by atoms with Crippen molar-refractivity contribution in [3.05, 3.63) is 0 Å². The second-order valence-electron chi connectivity index (χ2n) is 1.13. The van der Waals surface area contributed by atoms with Gasteiger partial charge in [0.1, 0.15) is 6.04 Å². The molecule has 4 nitrogen and oxygen atoms in total. The molecule has 0 fully saturated rings. The molecule has 4 heteroatoms. The molecule has 0 aromatic heterocycles. The van der Waals surface area contributed by atoms with Gasteiger partial charge in [0.25, 0.3) is 0 Å². The number of carbonyl (C=O) groups is 1. The molecular weight excluding hydrogens is 101 g/mol. The van der Waals surface area contributed by atoms with Crippen molar-refractivity contribution in [3.63, 3.8) is 0 Å². The summed E-state index contributed by atoms with van der Waals surface area (Å²) in [6.45, 7) is -0.505. The first-order chi connectivity index (χ1) is 3.18. The van der Waals surface area contributed by atoms with Crippen LogP contribution in [0.25, 0.3) is 0 Å². The van der Waals surface area contributed by atoms with Crippen molar-refractivity contribution >= 4 is 5.97 Å². The SMILES string of the molecule is [15NH2][13C@H]([13CH2]O)C(=O)O. The smallest absolute Gasteiger partial charge is 0.322 e. The quantitative estimate of drug-likeness (QED) is 0.293. The normalized spacial score (nSPS) is 13.4. The molecule has 0 rings (SSSR count). The molecule has 0 aliphatic rings. The van der Waals surface area contributed by atoms with Crippen LogP contribution in [0.4, 0.5) is 0 Å². The van der Waals surface area contributed by atoms with Crippen LogP contribution in [0.3, 0.4) is 0 Å². The Morgan fingerprint density at radius 2 is 2.29 bits per heavy atom. The number of carboxylic acid groups (broad SMARTS) is 1. The maximum Gasteiger partial charge on any atom is 0.322 e. The summed E-state index contributed by atoms with van der Waals surface area (Å²) in [6, 6.07) is -1.13. The molecule has 0 spiro atoms. The summed E-state index contributed by atoms with van der Waals surface area (Å²) >= 11 is 0. The number of nitrogens with two attached hydrogens (primary N) is 1. The van der Waals surface area contributed by atoms with Crippen molar-refractivity contribution in [2.75, 3.05) is 6.61 Å². The zero-order valence-electron chi connectivity index (χ0n) is 3.66. The van der Waals surface area contributed by atoms with Crippen LogP contribution in [0.2, 0.25) is 0 Å². The van der Waals surface area contributed by atoms with Crippen molar-refractivity contribution in [1.29, 1.82) is 0 Å². The molecule has 7 heavy (non-hydrogen) atoms. The van der Waals surface area contributed by atoms with Crippen LogP contribution < -0.4 is 5.73 Å².